The molecule has 17 heavy (non-hydrogen) atoms. The van der Waals surface area contributed by atoms with E-state index >= 15 is 0 Å². The van der Waals surface area contributed by atoms with Crippen LogP contribution in [0.1, 0.15) is 13.3 Å². The van der Waals surface area contributed by atoms with Crippen LogP contribution < -0.4 is 4.74 Å². The molecular formula is C10H11Cl2NO4. The fourth-order valence-corrected chi connectivity index (χ4v) is 1.71. The third-order valence-corrected chi connectivity index (χ3v) is 2.54. The van der Waals surface area contributed by atoms with Gasteiger partial charge >= 0.3 is 0 Å². The largest absolute Gasteiger partial charge is 0.490 e. The molecule has 1 rings (SSSR count). The first-order valence-corrected chi connectivity index (χ1v) is 5.61. The summed E-state index contributed by atoms with van der Waals surface area (Å²) >= 11 is 11.6. The standard InChI is InChI=1S/C10H11Cl2NO4/c1-6(14)2-3-17-10-8(11)4-7(13(15)16)5-9(10)12/h4-6,14H,2-3H2,1H3. The van der Waals surface area contributed by atoms with Crippen LogP contribution in [0.2, 0.25) is 10.0 Å². The number of ether oxygens (including phenoxy) is 1. The molecule has 1 N–H and O–H groups in total. The van der Waals surface area contributed by atoms with Crippen molar-refractivity contribution in [3.8, 4) is 5.75 Å². The second-order valence-electron chi connectivity index (χ2n) is 3.48. The van der Waals surface area contributed by atoms with Crippen LogP contribution in [-0.4, -0.2) is 22.7 Å². The van der Waals surface area contributed by atoms with E-state index in [4.69, 9.17) is 33.0 Å². The van der Waals surface area contributed by atoms with E-state index in [0.717, 1.165) is 0 Å². The Labute approximate surface area is 108 Å². The van der Waals surface area contributed by atoms with Crippen molar-refractivity contribution in [3.63, 3.8) is 0 Å². The molecule has 0 heterocycles. The van der Waals surface area contributed by atoms with Crippen LogP contribution in [0.4, 0.5) is 5.69 Å². The molecule has 1 unspecified atom stereocenters. The molecule has 1 aromatic rings. The van der Waals surface area contributed by atoms with E-state index in [2.05, 4.69) is 0 Å². The Hall–Kier alpha value is -1.04. The number of non-ortho nitro benzene ring substituents is 1. The Kier molecular flexibility index (Phi) is 4.99. The number of benzene rings is 1. The number of rotatable bonds is 5. The molecule has 0 saturated heterocycles. The monoisotopic (exact) mass is 279 g/mol. The Morgan fingerprint density at radius 2 is 2.00 bits per heavy atom. The lowest BCUT2D eigenvalue weighted by molar-refractivity contribution is -0.384. The lowest BCUT2D eigenvalue weighted by atomic mass is 10.3. The van der Waals surface area contributed by atoms with Crippen molar-refractivity contribution < 1.29 is 14.8 Å². The Morgan fingerprint density at radius 3 is 2.41 bits per heavy atom. The maximum Gasteiger partial charge on any atom is 0.272 e. The van der Waals surface area contributed by atoms with Gasteiger partial charge in [0.2, 0.25) is 0 Å². The van der Waals surface area contributed by atoms with E-state index < -0.39 is 11.0 Å². The first-order chi connectivity index (χ1) is 7.91. The van der Waals surface area contributed by atoms with E-state index in [1.54, 1.807) is 6.92 Å². The molecule has 0 saturated carbocycles. The zero-order valence-corrected chi connectivity index (χ0v) is 10.5. The van der Waals surface area contributed by atoms with Crippen molar-refractivity contribution in [2.75, 3.05) is 6.61 Å². The summed E-state index contributed by atoms with van der Waals surface area (Å²) < 4.78 is 5.27. The van der Waals surface area contributed by atoms with E-state index in [1.165, 1.54) is 12.1 Å². The highest BCUT2D eigenvalue weighted by atomic mass is 35.5. The molecule has 0 aliphatic rings. The zero-order chi connectivity index (χ0) is 13.0. The lowest BCUT2D eigenvalue weighted by Crippen LogP contribution is -2.08. The Morgan fingerprint density at radius 1 is 1.47 bits per heavy atom. The molecule has 0 aromatic heterocycles. The summed E-state index contributed by atoms with van der Waals surface area (Å²) in [5.41, 5.74) is -0.192. The van der Waals surface area contributed by atoms with Crippen LogP contribution in [0.25, 0.3) is 0 Å². The topological polar surface area (TPSA) is 72.6 Å². The van der Waals surface area contributed by atoms with Gasteiger partial charge in [0, 0.05) is 18.6 Å². The van der Waals surface area contributed by atoms with Gasteiger partial charge in [0.1, 0.15) is 0 Å². The molecule has 7 heteroatoms. The Balaban J connectivity index is 2.83. The molecule has 0 amide bonds. The Bertz CT molecular complexity index is 400. The van der Waals surface area contributed by atoms with Crippen LogP contribution in [0.5, 0.6) is 5.75 Å². The minimum absolute atomic E-state index is 0.0785. The number of aliphatic hydroxyl groups is 1. The summed E-state index contributed by atoms with van der Waals surface area (Å²) in [7, 11) is 0. The van der Waals surface area contributed by atoms with Gasteiger partial charge in [-0.3, -0.25) is 10.1 Å². The van der Waals surface area contributed by atoms with E-state index in [0.29, 0.717) is 6.42 Å². The number of halogens is 2. The van der Waals surface area contributed by atoms with Crippen molar-refractivity contribution in [2.24, 2.45) is 0 Å². The zero-order valence-electron chi connectivity index (χ0n) is 9.02. The van der Waals surface area contributed by atoms with Crippen LogP contribution in [0, 0.1) is 10.1 Å². The number of aliphatic hydroxyl groups excluding tert-OH is 1. The molecule has 0 fully saturated rings. The van der Waals surface area contributed by atoms with Gasteiger partial charge in [-0.25, -0.2) is 0 Å². The predicted molar refractivity (Wildman–Crippen MR) is 64.9 cm³/mol. The summed E-state index contributed by atoms with van der Waals surface area (Å²) in [6.45, 7) is 1.86. The number of nitrogens with zero attached hydrogens (tertiary/aromatic N) is 1. The maximum atomic E-state index is 10.5. The smallest absolute Gasteiger partial charge is 0.272 e. The molecule has 0 spiro atoms. The molecular weight excluding hydrogens is 269 g/mol. The molecule has 1 atom stereocenters. The van der Waals surface area contributed by atoms with Crippen molar-refractivity contribution >= 4 is 28.9 Å². The first-order valence-electron chi connectivity index (χ1n) is 4.86. The number of nitro groups is 1. The van der Waals surface area contributed by atoms with Crippen molar-refractivity contribution in [2.45, 2.75) is 19.4 Å². The van der Waals surface area contributed by atoms with Gasteiger partial charge in [0.05, 0.1) is 27.7 Å². The summed E-state index contributed by atoms with van der Waals surface area (Å²) in [6.07, 6.45) is -0.0745. The predicted octanol–water partition coefficient (Wildman–Crippen LogP) is 3.05. The van der Waals surface area contributed by atoms with Crippen LogP contribution in [0.15, 0.2) is 12.1 Å². The molecule has 0 bridgehead atoms. The van der Waals surface area contributed by atoms with E-state index in [-0.39, 0.29) is 28.1 Å². The van der Waals surface area contributed by atoms with Gasteiger partial charge in [-0.05, 0) is 6.92 Å². The van der Waals surface area contributed by atoms with Crippen molar-refractivity contribution in [1.29, 1.82) is 0 Å². The summed E-state index contributed by atoms with van der Waals surface area (Å²) in [5, 5.41) is 19.7. The van der Waals surface area contributed by atoms with Gasteiger partial charge in [-0.2, -0.15) is 0 Å². The van der Waals surface area contributed by atoms with Crippen molar-refractivity contribution in [3.05, 3.63) is 32.3 Å². The first kappa shape index (κ1) is 14.0. The minimum atomic E-state index is -0.586. The lowest BCUT2D eigenvalue weighted by Gasteiger charge is -2.10. The van der Waals surface area contributed by atoms with Crippen LogP contribution >= 0.6 is 23.2 Å². The fraction of sp³-hybridized carbons (Fsp3) is 0.400. The normalized spacial score (nSPS) is 12.2. The summed E-state index contributed by atoms with van der Waals surface area (Å²) in [4.78, 5) is 9.95. The minimum Gasteiger partial charge on any atom is -0.490 e. The highest BCUT2D eigenvalue weighted by Crippen LogP contribution is 2.36. The fourth-order valence-electron chi connectivity index (χ4n) is 1.12. The summed E-state index contributed by atoms with van der Waals surface area (Å²) in [5.74, 6) is 0.194. The second-order valence-corrected chi connectivity index (χ2v) is 4.30. The highest BCUT2D eigenvalue weighted by molar-refractivity contribution is 6.37. The number of nitro benzene ring substituents is 1. The molecule has 0 aliphatic carbocycles. The maximum absolute atomic E-state index is 10.5. The third kappa shape index (κ3) is 4.03. The molecule has 0 aliphatic heterocycles. The quantitative estimate of drug-likeness (QED) is 0.664. The van der Waals surface area contributed by atoms with Crippen LogP contribution in [0.3, 0.4) is 0 Å². The van der Waals surface area contributed by atoms with Crippen LogP contribution in [-0.2, 0) is 0 Å². The van der Waals surface area contributed by atoms with E-state index in [9.17, 15) is 10.1 Å². The number of hydrogen-bond donors (Lipinski definition) is 1. The van der Waals surface area contributed by atoms with Gasteiger partial charge in [-0.1, -0.05) is 23.2 Å². The molecule has 0 radical (unpaired) electrons. The second kappa shape index (κ2) is 6.05. The van der Waals surface area contributed by atoms with Gasteiger partial charge < -0.3 is 9.84 Å². The average molecular weight is 280 g/mol. The van der Waals surface area contributed by atoms with Gasteiger partial charge in [0.25, 0.3) is 5.69 Å². The SMILES string of the molecule is CC(O)CCOc1c(Cl)cc([N+](=O)[O-])cc1Cl. The van der Waals surface area contributed by atoms with Gasteiger partial charge in [0.15, 0.2) is 5.75 Å². The highest BCUT2D eigenvalue weighted by Gasteiger charge is 2.15. The molecule has 94 valence electrons. The van der Waals surface area contributed by atoms with E-state index in [1.807, 2.05) is 0 Å². The average Bonchev–Trinajstić information content (AvgIpc) is 2.21. The van der Waals surface area contributed by atoms with Crippen molar-refractivity contribution in [1.82, 2.24) is 0 Å². The number of hydrogen-bond acceptors (Lipinski definition) is 4. The summed E-state index contributed by atoms with van der Waals surface area (Å²) in [6, 6.07) is 2.34. The molecule has 1 aromatic carbocycles. The third-order valence-electron chi connectivity index (χ3n) is 1.98. The molecule has 5 nitrogen and oxygen atoms in total. The van der Waals surface area contributed by atoms with Gasteiger partial charge in [-0.15, -0.1) is 0 Å².